The first kappa shape index (κ1) is 22.2. The molecule has 1 aromatic rings. The first-order chi connectivity index (χ1) is 11.8. The number of hydrogen-bond acceptors (Lipinski definition) is 3. The second-order valence-electron chi connectivity index (χ2n) is 6.17. The van der Waals surface area contributed by atoms with Gasteiger partial charge in [0.15, 0.2) is 5.96 Å². The Labute approximate surface area is 169 Å². The second-order valence-corrected chi connectivity index (χ2v) is 6.17. The average Bonchev–Trinajstić information content (AvgIpc) is 3.10. The van der Waals surface area contributed by atoms with Crippen LogP contribution in [0.4, 0.5) is 0 Å². The maximum atomic E-state index is 5.67. The number of ether oxygens (including phenoxy) is 2. The molecule has 0 amide bonds. The zero-order chi connectivity index (χ0) is 17.0. The topological polar surface area (TPSA) is 54.9 Å². The minimum Gasteiger partial charge on any atom is -0.379 e. The molecule has 142 valence electrons. The number of nitrogens with one attached hydrogen (secondary N) is 2. The molecule has 0 saturated carbocycles. The van der Waals surface area contributed by atoms with E-state index in [1.165, 1.54) is 17.5 Å². The summed E-state index contributed by atoms with van der Waals surface area (Å²) >= 11 is 0. The van der Waals surface area contributed by atoms with Gasteiger partial charge in [-0.25, -0.2) is 4.99 Å². The third-order valence-corrected chi connectivity index (χ3v) is 3.97. The first-order valence-corrected chi connectivity index (χ1v) is 9.05. The summed E-state index contributed by atoms with van der Waals surface area (Å²) in [7, 11) is 0. The van der Waals surface area contributed by atoms with Gasteiger partial charge in [0.05, 0.1) is 19.3 Å². The quantitative estimate of drug-likeness (QED) is 0.257. The summed E-state index contributed by atoms with van der Waals surface area (Å²) in [5.41, 5.74) is 2.49. The van der Waals surface area contributed by atoms with E-state index in [4.69, 9.17) is 9.47 Å². The molecule has 1 unspecified atom stereocenters. The minimum atomic E-state index is 0. The van der Waals surface area contributed by atoms with Gasteiger partial charge >= 0.3 is 0 Å². The van der Waals surface area contributed by atoms with Crippen molar-refractivity contribution in [3.8, 4) is 0 Å². The Balaban J connectivity index is 0.00000312. The van der Waals surface area contributed by atoms with Gasteiger partial charge in [-0.05, 0) is 38.7 Å². The van der Waals surface area contributed by atoms with Crippen LogP contribution in [0.25, 0.3) is 0 Å². The monoisotopic (exact) mass is 461 g/mol. The lowest BCUT2D eigenvalue weighted by Crippen LogP contribution is -2.38. The van der Waals surface area contributed by atoms with Crippen molar-refractivity contribution in [1.82, 2.24) is 10.6 Å². The smallest absolute Gasteiger partial charge is 0.191 e. The zero-order valence-corrected chi connectivity index (χ0v) is 17.8. The lowest BCUT2D eigenvalue weighted by molar-refractivity contribution is 0.0168. The molecular formula is C19H32IN3O2. The van der Waals surface area contributed by atoms with Crippen LogP contribution in [0.1, 0.15) is 37.3 Å². The van der Waals surface area contributed by atoms with Gasteiger partial charge in [-0.15, -0.1) is 24.0 Å². The molecule has 1 atom stereocenters. The fourth-order valence-electron chi connectivity index (χ4n) is 2.58. The van der Waals surface area contributed by atoms with Crippen LogP contribution in [0.3, 0.4) is 0 Å². The van der Waals surface area contributed by atoms with E-state index in [0.29, 0.717) is 12.6 Å². The van der Waals surface area contributed by atoms with Gasteiger partial charge in [-0.3, -0.25) is 0 Å². The normalized spacial score (nSPS) is 17.2. The molecule has 5 nitrogen and oxygen atoms in total. The number of nitrogens with zero attached hydrogens (tertiary/aromatic N) is 1. The second kappa shape index (κ2) is 13.4. The summed E-state index contributed by atoms with van der Waals surface area (Å²) in [6, 6.07) is 8.50. The molecule has 1 aliphatic rings. The fourth-order valence-corrected chi connectivity index (χ4v) is 2.58. The molecule has 1 heterocycles. The minimum absolute atomic E-state index is 0. The molecule has 0 radical (unpaired) electrons. The van der Waals surface area contributed by atoms with Gasteiger partial charge in [-0.2, -0.15) is 0 Å². The third kappa shape index (κ3) is 9.42. The van der Waals surface area contributed by atoms with Gasteiger partial charge in [0.25, 0.3) is 0 Å². The number of hydrogen-bond donors (Lipinski definition) is 2. The molecule has 2 N–H and O–H groups in total. The Bertz CT molecular complexity index is 488. The van der Waals surface area contributed by atoms with E-state index in [2.05, 4.69) is 53.7 Å². The predicted octanol–water partition coefficient (Wildman–Crippen LogP) is 3.25. The largest absolute Gasteiger partial charge is 0.379 e. The molecule has 0 aromatic heterocycles. The number of benzene rings is 1. The van der Waals surface area contributed by atoms with Crippen LogP contribution >= 0.6 is 24.0 Å². The van der Waals surface area contributed by atoms with Gasteiger partial charge in [0, 0.05) is 26.3 Å². The van der Waals surface area contributed by atoms with E-state index < -0.39 is 0 Å². The number of aliphatic imine (C=N–C) groups is 1. The van der Waals surface area contributed by atoms with Crippen LogP contribution in [0.5, 0.6) is 0 Å². The highest BCUT2D eigenvalue weighted by Gasteiger charge is 2.14. The lowest BCUT2D eigenvalue weighted by Gasteiger charge is -2.12. The Kier molecular flexibility index (Phi) is 11.9. The number of aryl methyl sites for hydroxylation is 1. The van der Waals surface area contributed by atoms with Crippen molar-refractivity contribution in [1.29, 1.82) is 0 Å². The summed E-state index contributed by atoms with van der Waals surface area (Å²) < 4.78 is 11.2. The highest BCUT2D eigenvalue weighted by Crippen LogP contribution is 2.11. The SMILES string of the molecule is CCNC(=NCc1ccc(C)cc1)NCCCOCC1CCCO1.I. The summed E-state index contributed by atoms with van der Waals surface area (Å²) in [6.07, 6.45) is 3.57. The Morgan fingerprint density at radius 1 is 1.28 bits per heavy atom. The molecule has 2 rings (SSSR count). The van der Waals surface area contributed by atoms with Gasteiger partial charge in [-0.1, -0.05) is 29.8 Å². The molecule has 1 fully saturated rings. The maximum Gasteiger partial charge on any atom is 0.191 e. The number of guanidine groups is 1. The molecule has 1 aromatic carbocycles. The molecule has 25 heavy (non-hydrogen) atoms. The summed E-state index contributed by atoms with van der Waals surface area (Å²) in [6.45, 7) is 8.93. The summed E-state index contributed by atoms with van der Waals surface area (Å²) in [5, 5.41) is 6.64. The van der Waals surface area contributed by atoms with Gasteiger partial charge in [0.1, 0.15) is 0 Å². The molecule has 6 heteroatoms. The molecule has 0 aliphatic carbocycles. The average molecular weight is 461 g/mol. The molecule has 1 saturated heterocycles. The molecule has 1 aliphatic heterocycles. The van der Waals surface area contributed by atoms with Crippen molar-refractivity contribution in [2.45, 2.75) is 45.8 Å². The number of halogens is 1. The van der Waals surface area contributed by atoms with E-state index >= 15 is 0 Å². The van der Waals surface area contributed by atoms with Crippen molar-refractivity contribution in [2.24, 2.45) is 4.99 Å². The van der Waals surface area contributed by atoms with Crippen LogP contribution in [-0.4, -0.2) is 45.0 Å². The maximum absolute atomic E-state index is 5.67. The third-order valence-electron chi connectivity index (χ3n) is 3.97. The van der Waals surface area contributed by atoms with Crippen LogP contribution in [0.2, 0.25) is 0 Å². The summed E-state index contributed by atoms with van der Waals surface area (Å²) in [4.78, 5) is 4.63. The van der Waals surface area contributed by atoms with E-state index in [1.807, 2.05) is 0 Å². The first-order valence-electron chi connectivity index (χ1n) is 9.05. The van der Waals surface area contributed by atoms with Crippen LogP contribution in [0.15, 0.2) is 29.3 Å². The molecule has 0 bridgehead atoms. The predicted molar refractivity (Wildman–Crippen MR) is 114 cm³/mol. The van der Waals surface area contributed by atoms with Crippen molar-refractivity contribution in [2.75, 3.05) is 32.9 Å². The van der Waals surface area contributed by atoms with Crippen LogP contribution in [-0.2, 0) is 16.0 Å². The van der Waals surface area contributed by atoms with Crippen molar-refractivity contribution in [3.05, 3.63) is 35.4 Å². The Hall–Kier alpha value is -0.860. The Morgan fingerprint density at radius 2 is 2.08 bits per heavy atom. The molecular weight excluding hydrogens is 429 g/mol. The zero-order valence-electron chi connectivity index (χ0n) is 15.4. The molecule has 0 spiro atoms. The lowest BCUT2D eigenvalue weighted by atomic mass is 10.1. The number of rotatable bonds is 9. The Morgan fingerprint density at radius 3 is 2.76 bits per heavy atom. The van der Waals surface area contributed by atoms with E-state index in [0.717, 1.165) is 51.7 Å². The standard InChI is InChI=1S/C19H31N3O2.HI/c1-3-20-19(22-14-17-9-7-16(2)8-10-17)21-11-5-12-23-15-18-6-4-13-24-18;/h7-10,18H,3-6,11-15H2,1-2H3,(H2,20,21,22);1H. The van der Waals surface area contributed by atoms with Gasteiger partial charge in [0.2, 0.25) is 0 Å². The van der Waals surface area contributed by atoms with E-state index in [-0.39, 0.29) is 24.0 Å². The highest BCUT2D eigenvalue weighted by atomic mass is 127. The van der Waals surface area contributed by atoms with E-state index in [9.17, 15) is 0 Å². The fraction of sp³-hybridized carbons (Fsp3) is 0.632. The van der Waals surface area contributed by atoms with Crippen LogP contribution in [0, 0.1) is 6.92 Å². The van der Waals surface area contributed by atoms with Crippen molar-refractivity contribution < 1.29 is 9.47 Å². The van der Waals surface area contributed by atoms with Crippen molar-refractivity contribution >= 4 is 29.9 Å². The summed E-state index contributed by atoms with van der Waals surface area (Å²) in [5.74, 6) is 0.859. The van der Waals surface area contributed by atoms with Gasteiger partial charge < -0.3 is 20.1 Å². The highest BCUT2D eigenvalue weighted by molar-refractivity contribution is 14.0. The van der Waals surface area contributed by atoms with E-state index in [1.54, 1.807) is 0 Å². The van der Waals surface area contributed by atoms with Crippen LogP contribution < -0.4 is 10.6 Å². The van der Waals surface area contributed by atoms with Crippen molar-refractivity contribution in [3.63, 3.8) is 0 Å².